The van der Waals surface area contributed by atoms with Gasteiger partial charge in [0.25, 0.3) is 0 Å². The van der Waals surface area contributed by atoms with Crippen molar-refractivity contribution in [3.63, 3.8) is 0 Å². The Balaban J connectivity index is 2.41. The molecule has 1 aliphatic rings. The van der Waals surface area contributed by atoms with Gasteiger partial charge in [-0.1, -0.05) is 63.3 Å². The smallest absolute Gasteiger partial charge is 0.344 e. The Kier molecular flexibility index (Phi) is 11.5. The fraction of sp³-hybridized carbons (Fsp3) is 0.594. The molecular formula is C32H50O7Si2. The first-order chi connectivity index (χ1) is 18.8. The summed E-state index contributed by atoms with van der Waals surface area (Å²) in [6, 6.07) is 9.51. The van der Waals surface area contributed by atoms with Crippen LogP contribution in [0.15, 0.2) is 53.6 Å². The lowest BCUT2D eigenvalue weighted by Crippen LogP contribution is -2.56. The Morgan fingerprint density at radius 2 is 1.66 bits per heavy atom. The van der Waals surface area contributed by atoms with Crippen LogP contribution in [0.3, 0.4) is 0 Å². The number of Topliss-reactive ketones (excluding diaryl/α,β-unsaturated/α-hetero) is 1. The van der Waals surface area contributed by atoms with E-state index in [-0.39, 0.29) is 30.1 Å². The van der Waals surface area contributed by atoms with E-state index in [0.717, 1.165) is 17.4 Å². The molecule has 0 aromatic heterocycles. The highest BCUT2D eigenvalue weighted by Gasteiger charge is 2.50. The van der Waals surface area contributed by atoms with E-state index >= 15 is 0 Å². The predicted molar refractivity (Wildman–Crippen MR) is 168 cm³/mol. The molecule has 228 valence electrons. The molecule has 1 aliphatic carbocycles. The molecule has 0 bridgehead atoms. The van der Waals surface area contributed by atoms with Gasteiger partial charge < -0.3 is 18.3 Å². The first-order valence-electron chi connectivity index (χ1n) is 14.3. The van der Waals surface area contributed by atoms with E-state index in [9.17, 15) is 14.4 Å². The number of carbonyl (C=O) groups is 3. The lowest BCUT2D eigenvalue weighted by Gasteiger charge is -2.39. The van der Waals surface area contributed by atoms with Crippen molar-refractivity contribution in [3.05, 3.63) is 59.2 Å². The fourth-order valence-electron chi connectivity index (χ4n) is 4.89. The van der Waals surface area contributed by atoms with Crippen molar-refractivity contribution in [3.8, 4) is 0 Å². The summed E-state index contributed by atoms with van der Waals surface area (Å²) < 4.78 is 24.1. The van der Waals surface area contributed by atoms with Gasteiger partial charge in [0.15, 0.2) is 16.6 Å². The average molecular weight is 603 g/mol. The average Bonchev–Trinajstić information content (AvgIpc) is 3.18. The maximum absolute atomic E-state index is 14.1. The maximum atomic E-state index is 14.1. The number of allylic oxidation sites excluding steroid dienone is 1. The Labute approximate surface area is 248 Å². The highest BCUT2D eigenvalue weighted by Crippen LogP contribution is 2.44. The molecule has 0 aliphatic heterocycles. The van der Waals surface area contributed by atoms with Crippen LogP contribution in [-0.2, 0) is 39.3 Å². The molecule has 2 unspecified atom stereocenters. The normalized spacial score (nSPS) is 20.4. The van der Waals surface area contributed by atoms with Crippen LogP contribution in [0.1, 0.15) is 53.0 Å². The summed E-state index contributed by atoms with van der Waals surface area (Å²) >= 11 is 0. The molecule has 0 heterocycles. The summed E-state index contributed by atoms with van der Waals surface area (Å²) in [6.45, 7) is 24.6. The zero-order chi connectivity index (χ0) is 31.4. The molecule has 7 nitrogen and oxygen atoms in total. The number of hydrogen-bond acceptors (Lipinski definition) is 7. The quantitative estimate of drug-likeness (QED) is 0.0761. The molecule has 9 heteroatoms. The van der Waals surface area contributed by atoms with Crippen LogP contribution < -0.4 is 0 Å². The van der Waals surface area contributed by atoms with Crippen LogP contribution in [0.4, 0.5) is 0 Å². The van der Waals surface area contributed by atoms with Crippen molar-refractivity contribution in [2.45, 2.75) is 110 Å². The van der Waals surface area contributed by atoms with Gasteiger partial charge in [0, 0.05) is 17.9 Å². The molecule has 0 saturated carbocycles. The molecule has 1 aromatic rings. The second-order valence-corrected chi connectivity index (χ2v) is 22.8. The van der Waals surface area contributed by atoms with Gasteiger partial charge in [0.05, 0.1) is 19.8 Å². The van der Waals surface area contributed by atoms with Crippen LogP contribution in [0.5, 0.6) is 0 Å². The van der Waals surface area contributed by atoms with Gasteiger partial charge in [-0.3, -0.25) is 9.59 Å². The SMILES string of the molecule is C=C(C[C@@H](OCc1ccccc1)C(=O)C(C)(O[Si](C)(C)C)C(=O)OC)[C@H]1CC(O[Si](C)(C)C(C)(C)C)C(C)=C1C=O. The van der Waals surface area contributed by atoms with E-state index in [1.165, 1.54) is 14.0 Å². The Morgan fingerprint density at radius 3 is 2.15 bits per heavy atom. The zero-order valence-corrected chi connectivity index (χ0v) is 28.9. The number of rotatable bonds is 14. The van der Waals surface area contributed by atoms with E-state index in [1.54, 1.807) is 0 Å². The van der Waals surface area contributed by atoms with E-state index in [4.69, 9.17) is 18.3 Å². The number of carbonyl (C=O) groups excluding carboxylic acids is 3. The Hall–Kier alpha value is -2.18. The monoisotopic (exact) mass is 602 g/mol. The summed E-state index contributed by atoms with van der Waals surface area (Å²) in [5, 5.41) is 0.0151. The molecule has 0 radical (unpaired) electrons. The van der Waals surface area contributed by atoms with Crippen molar-refractivity contribution in [1.82, 2.24) is 0 Å². The number of methoxy groups -OCH3 is 1. The van der Waals surface area contributed by atoms with Gasteiger partial charge in [-0.25, -0.2) is 4.79 Å². The van der Waals surface area contributed by atoms with Crippen molar-refractivity contribution >= 4 is 34.7 Å². The summed E-state index contributed by atoms with van der Waals surface area (Å²) in [4.78, 5) is 39.4. The minimum Gasteiger partial charge on any atom is -0.467 e. The van der Waals surface area contributed by atoms with E-state index in [0.29, 0.717) is 17.6 Å². The third-order valence-corrected chi connectivity index (χ3v) is 13.7. The van der Waals surface area contributed by atoms with Gasteiger partial charge in [-0.05, 0) is 69.2 Å². The van der Waals surface area contributed by atoms with Crippen LogP contribution in [0.25, 0.3) is 0 Å². The van der Waals surface area contributed by atoms with Crippen LogP contribution in [0, 0.1) is 5.92 Å². The largest absolute Gasteiger partial charge is 0.467 e. The molecule has 4 atom stereocenters. The second-order valence-electron chi connectivity index (χ2n) is 13.7. The fourth-order valence-corrected chi connectivity index (χ4v) is 7.64. The van der Waals surface area contributed by atoms with Crippen LogP contribution in [0.2, 0.25) is 37.8 Å². The molecule has 0 spiro atoms. The van der Waals surface area contributed by atoms with Crippen LogP contribution >= 0.6 is 0 Å². The van der Waals surface area contributed by atoms with E-state index in [1.807, 2.05) is 56.9 Å². The summed E-state index contributed by atoms with van der Waals surface area (Å²) in [5.41, 5.74) is 1.27. The minimum absolute atomic E-state index is 0.0151. The number of benzene rings is 1. The molecule has 0 amide bonds. The van der Waals surface area contributed by atoms with Crippen molar-refractivity contribution in [2.24, 2.45) is 5.92 Å². The highest BCUT2D eigenvalue weighted by molar-refractivity contribution is 6.74. The summed E-state index contributed by atoms with van der Waals surface area (Å²) in [5.74, 6) is -1.58. The Bertz CT molecular complexity index is 1140. The van der Waals surface area contributed by atoms with Crippen molar-refractivity contribution < 1.29 is 32.7 Å². The van der Waals surface area contributed by atoms with Gasteiger partial charge >= 0.3 is 5.97 Å². The topological polar surface area (TPSA) is 88.1 Å². The highest BCUT2D eigenvalue weighted by atomic mass is 28.4. The van der Waals surface area contributed by atoms with Crippen molar-refractivity contribution in [1.29, 1.82) is 0 Å². The van der Waals surface area contributed by atoms with Gasteiger partial charge in [0.1, 0.15) is 12.4 Å². The van der Waals surface area contributed by atoms with E-state index in [2.05, 4.69) is 40.4 Å². The zero-order valence-electron chi connectivity index (χ0n) is 26.9. The van der Waals surface area contributed by atoms with Gasteiger partial charge in [0.2, 0.25) is 11.4 Å². The first-order valence-corrected chi connectivity index (χ1v) is 20.6. The minimum atomic E-state index is -2.37. The summed E-state index contributed by atoms with van der Waals surface area (Å²) in [6.07, 6.45) is 0.332. The Morgan fingerprint density at radius 1 is 1.07 bits per heavy atom. The molecule has 0 saturated heterocycles. The first kappa shape index (κ1) is 35.0. The molecule has 2 rings (SSSR count). The van der Waals surface area contributed by atoms with Gasteiger partial charge in [-0.15, -0.1) is 0 Å². The number of esters is 1. The standard InChI is InChI=1S/C32H50O7Si2/c1-22(25-19-27(23(2)26(25)20-33)38-41(11,12)31(3,4)5)18-28(37-21-24-16-14-13-15-17-24)29(34)32(6,30(35)36-7)39-40(8,9)10/h13-17,20,25,27-28H,1,18-19,21H2,2-12H3/t25-,27?,28-,32?/m1/s1. The summed E-state index contributed by atoms with van der Waals surface area (Å²) in [7, 11) is -3.24. The lowest BCUT2D eigenvalue weighted by molar-refractivity contribution is -0.169. The lowest BCUT2D eigenvalue weighted by atomic mass is 9.86. The van der Waals surface area contributed by atoms with Crippen LogP contribution in [-0.4, -0.2) is 59.6 Å². The molecular weight excluding hydrogens is 553 g/mol. The third kappa shape index (κ3) is 8.67. The molecule has 41 heavy (non-hydrogen) atoms. The number of ether oxygens (including phenoxy) is 2. The molecule has 1 aromatic carbocycles. The third-order valence-electron chi connectivity index (χ3n) is 8.22. The number of aldehydes is 1. The molecule has 0 fully saturated rings. The predicted octanol–water partition coefficient (Wildman–Crippen LogP) is 6.80. The molecule has 0 N–H and O–H groups in total. The second kappa shape index (κ2) is 13.4. The van der Waals surface area contributed by atoms with Gasteiger partial charge in [-0.2, -0.15) is 0 Å². The maximum Gasteiger partial charge on any atom is 0.344 e. The van der Waals surface area contributed by atoms with E-state index < -0.39 is 40.1 Å². The van der Waals surface area contributed by atoms with Crippen molar-refractivity contribution in [2.75, 3.05) is 7.11 Å². The number of ketones is 1. The number of hydrogen-bond donors (Lipinski definition) is 0.